The van der Waals surface area contributed by atoms with E-state index in [1.807, 2.05) is 0 Å². The van der Waals surface area contributed by atoms with E-state index in [1.165, 1.54) is 12.1 Å². The molecule has 0 aromatic heterocycles. The molecule has 1 unspecified atom stereocenters. The van der Waals surface area contributed by atoms with Crippen LogP contribution in [-0.2, 0) is 14.8 Å². The molecule has 1 atom stereocenters. The number of nitrogens with one attached hydrogen (secondary N) is 1. The Morgan fingerprint density at radius 2 is 1.88 bits per heavy atom. The van der Waals surface area contributed by atoms with Crippen molar-refractivity contribution in [2.45, 2.75) is 30.2 Å². The van der Waals surface area contributed by atoms with E-state index in [-0.39, 0.29) is 23.9 Å². The first-order valence-corrected chi connectivity index (χ1v) is 12.2. The highest BCUT2D eigenvalue weighted by molar-refractivity contribution is 7.89. The van der Waals surface area contributed by atoms with Crippen LogP contribution < -0.4 is 10.5 Å². The maximum absolute atomic E-state index is 15.0. The molecule has 3 N–H and O–H groups in total. The average Bonchev–Trinajstić information content (AvgIpc) is 2.95. The molecule has 33 heavy (non-hydrogen) atoms. The Hall–Kier alpha value is -3.11. The summed E-state index contributed by atoms with van der Waals surface area (Å²) in [6.45, 7) is 1.02. The summed E-state index contributed by atoms with van der Waals surface area (Å²) in [5.74, 6) is -0.371. The third-order valence-corrected chi connectivity index (χ3v) is 7.37. The van der Waals surface area contributed by atoms with Crippen LogP contribution in [0.25, 0.3) is 11.1 Å². The first-order valence-electron chi connectivity index (χ1n) is 10.7. The van der Waals surface area contributed by atoms with E-state index < -0.39 is 21.9 Å². The van der Waals surface area contributed by atoms with Crippen LogP contribution in [0, 0.1) is 5.82 Å². The molecule has 0 spiro atoms. The van der Waals surface area contributed by atoms with Gasteiger partial charge in [-0.25, -0.2) is 12.8 Å². The first-order chi connectivity index (χ1) is 15.8. The fourth-order valence-electron chi connectivity index (χ4n) is 4.04. The fraction of sp³-hybridized carbons (Fsp3) is 0.348. The van der Waals surface area contributed by atoms with Gasteiger partial charge in [0.1, 0.15) is 17.7 Å². The van der Waals surface area contributed by atoms with Gasteiger partial charge in [-0.15, -0.1) is 0 Å². The van der Waals surface area contributed by atoms with Gasteiger partial charge in [0.2, 0.25) is 15.9 Å². The highest BCUT2D eigenvalue weighted by Gasteiger charge is 2.30. The van der Waals surface area contributed by atoms with Crippen LogP contribution in [-0.4, -0.2) is 63.5 Å². The van der Waals surface area contributed by atoms with Gasteiger partial charge in [0.15, 0.2) is 0 Å². The van der Waals surface area contributed by atoms with Gasteiger partial charge in [-0.2, -0.15) is 4.72 Å². The van der Waals surface area contributed by atoms with Crippen molar-refractivity contribution in [1.29, 1.82) is 0 Å². The van der Waals surface area contributed by atoms with Crippen LogP contribution >= 0.6 is 0 Å². The Kier molecular flexibility index (Phi) is 6.57. The van der Waals surface area contributed by atoms with Crippen LogP contribution in [0.15, 0.2) is 57.3 Å². The predicted molar refractivity (Wildman–Crippen MR) is 125 cm³/mol. The highest BCUT2D eigenvalue weighted by Crippen LogP contribution is 2.29. The lowest BCUT2D eigenvalue weighted by Crippen LogP contribution is -2.46. The molecule has 2 aromatic carbocycles. The van der Waals surface area contributed by atoms with Crippen molar-refractivity contribution < 1.29 is 17.6 Å². The number of carbonyl (C=O) groups is 1. The monoisotopic (exact) mass is 471 g/mol. The Morgan fingerprint density at radius 3 is 2.61 bits per heavy atom. The van der Waals surface area contributed by atoms with Crippen molar-refractivity contribution in [2.24, 2.45) is 15.7 Å². The van der Waals surface area contributed by atoms with Gasteiger partial charge in [0.05, 0.1) is 23.7 Å². The van der Waals surface area contributed by atoms with Crippen LogP contribution in [0.5, 0.6) is 0 Å². The second kappa shape index (κ2) is 9.40. The molecule has 1 amide bonds. The molecule has 10 heteroatoms. The molecule has 0 saturated carbocycles. The molecule has 1 fully saturated rings. The number of likely N-dealkylation sites (N-methyl/N-ethyl adjacent to an activating group) is 1. The fourth-order valence-corrected chi connectivity index (χ4v) is 5.49. The molecule has 2 aliphatic heterocycles. The van der Waals surface area contributed by atoms with Crippen LogP contribution in [0.4, 0.5) is 4.39 Å². The molecular weight excluding hydrogens is 445 g/mol. The third kappa shape index (κ3) is 4.96. The number of amides is 1. The number of hydrogen-bond donors (Lipinski definition) is 2. The number of halogens is 1. The zero-order valence-corrected chi connectivity index (χ0v) is 19.1. The lowest BCUT2D eigenvalue weighted by molar-refractivity contribution is -0.131. The summed E-state index contributed by atoms with van der Waals surface area (Å²) in [5.41, 5.74) is 7.17. The van der Waals surface area contributed by atoms with Gasteiger partial charge in [0, 0.05) is 24.7 Å². The number of nitrogens with zero attached hydrogens (tertiary/aromatic N) is 3. The van der Waals surface area contributed by atoms with Gasteiger partial charge in [-0.3, -0.25) is 14.8 Å². The number of nitrogens with two attached hydrogens (primary N) is 1. The van der Waals surface area contributed by atoms with Gasteiger partial charge in [-0.1, -0.05) is 24.3 Å². The first kappa shape index (κ1) is 23.1. The van der Waals surface area contributed by atoms with Gasteiger partial charge in [-0.05, 0) is 43.0 Å². The van der Waals surface area contributed by atoms with E-state index >= 15 is 0 Å². The lowest BCUT2D eigenvalue weighted by atomic mass is 10.0. The number of sulfonamides is 1. The van der Waals surface area contributed by atoms with Crippen LogP contribution in [0.1, 0.15) is 24.8 Å². The molecule has 8 nitrogen and oxygen atoms in total. The third-order valence-electron chi connectivity index (χ3n) is 5.84. The number of carbonyl (C=O) groups excluding carboxylic acids is 1. The van der Waals surface area contributed by atoms with E-state index in [9.17, 15) is 17.6 Å². The summed E-state index contributed by atoms with van der Waals surface area (Å²) in [4.78, 5) is 22.5. The Labute approximate surface area is 192 Å². The topological polar surface area (TPSA) is 117 Å². The van der Waals surface area contributed by atoms with Gasteiger partial charge < -0.3 is 10.6 Å². The average molecular weight is 472 g/mol. The summed E-state index contributed by atoms with van der Waals surface area (Å²) in [5, 5.41) is 0. The minimum atomic E-state index is -4.04. The minimum Gasteiger partial charge on any atom is -0.386 e. The summed E-state index contributed by atoms with van der Waals surface area (Å²) in [6.07, 6.45) is 2.01. The molecule has 1 saturated heterocycles. The standard InChI is InChI=1S/C23H26FN5O3S/c1-29-11-5-4-7-19(23(29)30)28-33(31,32)21-8-3-2-6-16(21)15-9-10-17(18(24)12-15)20-13-27-22(25)14-26-20/h2-3,6,8-10,12,19,28H,4-5,7,11,13-14H2,1H3,(H2,25,27). The largest absolute Gasteiger partial charge is 0.386 e. The number of benzene rings is 2. The maximum atomic E-state index is 15.0. The van der Waals surface area contributed by atoms with Crippen LogP contribution in [0.3, 0.4) is 0 Å². The predicted octanol–water partition coefficient (Wildman–Crippen LogP) is 1.94. The summed E-state index contributed by atoms with van der Waals surface area (Å²) >= 11 is 0. The summed E-state index contributed by atoms with van der Waals surface area (Å²) in [6, 6.07) is 10.0. The SMILES string of the molecule is CN1CCCCC(NS(=O)(=O)c2ccccc2-c2ccc(C3=NCC(N)=NC3)c(F)c2)C1=O. The Bertz CT molecular complexity index is 1240. The lowest BCUT2D eigenvalue weighted by Gasteiger charge is -2.21. The van der Waals surface area contributed by atoms with Crippen LogP contribution in [0.2, 0.25) is 0 Å². The number of aliphatic imine (C=N–C) groups is 2. The van der Waals surface area contributed by atoms with E-state index in [1.54, 1.807) is 42.3 Å². The van der Waals surface area contributed by atoms with E-state index in [0.717, 1.165) is 12.8 Å². The number of rotatable bonds is 5. The molecule has 0 bridgehead atoms. The van der Waals surface area contributed by atoms with Crippen molar-refractivity contribution in [1.82, 2.24) is 9.62 Å². The Morgan fingerprint density at radius 1 is 1.09 bits per heavy atom. The normalized spacial score (nSPS) is 19.6. The minimum absolute atomic E-state index is 0.00997. The van der Waals surface area contributed by atoms with E-state index in [0.29, 0.717) is 41.2 Å². The summed E-state index contributed by atoms with van der Waals surface area (Å²) in [7, 11) is -2.37. The number of likely N-dealkylation sites (tertiary alicyclic amines) is 1. The maximum Gasteiger partial charge on any atom is 0.241 e. The molecular formula is C23H26FN5O3S. The highest BCUT2D eigenvalue weighted by atomic mass is 32.2. The van der Waals surface area contributed by atoms with Gasteiger partial charge in [0.25, 0.3) is 0 Å². The van der Waals surface area contributed by atoms with E-state index in [4.69, 9.17) is 5.73 Å². The molecule has 4 rings (SSSR count). The van der Waals surface area contributed by atoms with E-state index in [2.05, 4.69) is 14.7 Å². The smallest absolute Gasteiger partial charge is 0.241 e. The summed E-state index contributed by atoms with van der Waals surface area (Å²) < 4.78 is 44.1. The molecule has 174 valence electrons. The zero-order valence-electron chi connectivity index (χ0n) is 18.3. The molecule has 2 aromatic rings. The van der Waals surface area contributed by atoms with Crippen molar-refractivity contribution >= 4 is 27.5 Å². The second-order valence-electron chi connectivity index (χ2n) is 8.19. The van der Waals surface area contributed by atoms with Crippen molar-refractivity contribution in [3.05, 3.63) is 53.8 Å². The van der Waals surface area contributed by atoms with Crippen molar-refractivity contribution in [3.63, 3.8) is 0 Å². The quantitative estimate of drug-likeness (QED) is 0.693. The zero-order chi connectivity index (χ0) is 23.6. The molecule has 0 radical (unpaired) electrons. The molecule has 2 aliphatic rings. The number of hydrogen-bond acceptors (Lipinski definition) is 6. The number of amidine groups is 1. The second-order valence-corrected chi connectivity index (χ2v) is 9.87. The van der Waals surface area contributed by atoms with Crippen molar-refractivity contribution in [2.75, 3.05) is 26.7 Å². The Balaban J connectivity index is 1.65. The molecule has 2 heterocycles. The van der Waals surface area contributed by atoms with Crippen molar-refractivity contribution in [3.8, 4) is 11.1 Å². The van der Waals surface area contributed by atoms with Gasteiger partial charge >= 0.3 is 0 Å². The molecule has 0 aliphatic carbocycles.